The van der Waals surface area contributed by atoms with Crippen LogP contribution in [0.3, 0.4) is 0 Å². The maximum Gasteiger partial charge on any atom is 0.00792 e. The Labute approximate surface area is 100 Å². The van der Waals surface area contributed by atoms with Gasteiger partial charge in [0.2, 0.25) is 0 Å². The van der Waals surface area contributed by atoms with Gasteiger partial charge in [0.05, 0.1) is 0 Å². The molecule has 2 rings (SSSR count). The van der Waals surface area contributed by atoms with Gasteiger partial charge in [0.1, 0.15) is 0 Å². The van der Waals surface area contributed by atoms with Crippen molar-refractivity contribution in [2.45, 2.75) is 64.3 Å². The standard InChI is InChI=1S/C14H28N2/c1-14(8-3-2-4-9-14)11-16-10-12-6-5-7-13(12)15/h12-13,16H,2-11,15H2,1H3. The van der Waals surface area contributed by atoms with Gasteiger partial charge in [-0.15, -0.1) is 0 Å². The van der Waals surface area contributed by atoms with Crippen molar-refractivity contribution in [2.75, 3.05) is 13.1 Å². The predicted octanol–water partition coefficient (Wildman–Crippen LogP) is 2.67. The number of rotatable bonds is 4. The fraction of sp³-hybridized carbons (Fsp3) is 1.00. The van der Waals surface area contributed by atoms with E-state index in [9.17, 15) is 0 Å². The van der Waals surface area contributed by atoms with Gasteiger partial charge in [-0.25, -0.2) is 0 Å². The highest BCUT2D eigenvalue weighted by atomic mass is 14.9. The van der Waals surface area contributed by atoms with E-state index in [4.69, 9.17) is 5.73 Å². The maximum absolute atomic E-state index is 6.09. The minimum Gasteiger partial charge on any atom is -0.327 e. The summed E-state index contributed by atoms with van der Waals surface area (Å²) in [7, 11) is 0. The third kappa shape index (κ3) is 3.21. The second-order valence-electron chi connectivity index (χ2n) is 6.36. The van der Waals surface area contributed by atoms with Gasteiger partial charge in [0.25, 0.3) is 0 Å². The van der Waals surface area contributed by atoms with Crippen LogP contribution in [-0.2, 0) is 0 Å². The first kappa shape index (κ1) is 12.4. The van der Waals surface area contributed by atoms with Crippen LogP contribution < -0.4 is 11.1 Å². The van der Waals surface area contributed by atoms with Gasteiger partial charge in [-0.2, -0.15) is 0 Å². The summed E-state index contributed by atoms with van der Waals surface area (Å²) in [5, 5.41) is 3.69. The fourth-order valence-electron chi connectivity index (χ4n) is 3.46. The second-order valence-corrected chi connectivity index (χ2v) is 6.36. The highest BCUT2D eigenvalue weighted by Gasteiger charge is 2.28. The quantitative estimate of drug-likeness (QED) is 0.770. The molecule has 2 unspecified atom stereocenters. The third-order valence-corrected chi connectivity index (χ3v) is 4.74. The summed E-state index contributed by atoms with van der Waals surface area (Å²) in [5.74, 6) is 0.743. The van der Waals surface area contributed by atoms with Gasteiger partial charge in [-0.1, -0.05) is 32.6 Å². The summed E-state index contributed by atoms with van der Waals surface area (Å²) in [6, 6.07) is 0.465. The molecule has 2 aliphatic rings. The SMILES string of the molecule is CC1(CNCC2CCCC2N)CCCCC1. The van der Waals surface area contributed by atoms with Gasteiger partial charge < -0.3 is 11.1 Å². The first-order chi connectivity index (χ1) is 7.70. The molecule has 0 heterocycles. The lowest BCUT2D eigenvalue weighted by molar-refractivity contribution is 0.204. The van der Waals surface area contributed by atoms with Gasteiger partial charge in [0.15, 0.2) is 0 Å². The number of nitrogens with one attached hydrogen (secondary N) is 1. The van der Waals surface area contributed by atoms with Crippen LogP contribution in [0.5, 0.6) is 0 Å². The van der Waals surface area contributed by atoms with Crippen molar-refractivity contribution in [3.63, 3.8) is 0 Å². The Hall–Kier alpha value is -0.0800. The Bertz CT molecular complexity index is 209. The van der Waals surface area contributed by atoms with Crippen molar-refractivity contribution in [1.82, 2.24) is 5.32 Å². The second kappa shape index (κ2) is 5.50. The molecule has 16 heavy (non-hydrogen) atoms. The fourth-order valence-corrected chi connectivity index (χ4v) is 3.46. The van der Waals surface area contributed by atoms with E-state index in [0.29, 0.717) is 11.5 Å². The van der Waals surface area contributed by atoms with Crippen LogP contribution in [0.4, 0.5) is 0 Å². The molecule has 0 aromatic carbocycles. The average Bonchev–Trinajstić information content (AvgIpc) is 2.65. The molecule has 0 aromatic rings. The molecule has 3 N–H and O–H groups in total. The summed E-state index contributed by atoms with van der Waals surface area (Å²) in [5.41, 5.74) is 6.66. The Kier molecular flexibility index (Phi) is 4.26. The zero-order chi connectivity index (χ0) is 11.4. The molecule has 0 saturated heterocycles. The Morgan fingerprint density at radius 1 is 1.12 bits per heavy atom. The van der Waals surface area contributed by atoms with E-state index in [-0.39, 0.29) is 0 Å². The molecule has 0 amide bonds. The predicted molar refractivity (Wildman–Crippen MR) is 69.4 cm³/mol. The molecule has 0 aromatic heterocycles. The summed E-state index contributed by atoms with van der Waals surface area (Å²) in [6.45, 7) is 4.81. The van der Waals surface area contributed by atoms with Gasteiger partial charge in [-0.05, 0) is 43.6 Å². The van der Waals surface area contributed by atoms with Crippen molar-refractivity contribution in [2.24, 2.45) is 17.1 Å². The molecule has 2 aliphatic carbocycles. The van der Waals surface area contributed by atoms with E-state index in [2.05, 4.69) is 12.2 Å². The topological polar surface area (TPSA) is 38.0 Å². The highest BCUT2D eigenvalue weighted by molar-refractivity contribution is 4.84. The normalized spacial score (nSPS) is 34.1. The number of hydrogen-bond donors (Lipinski definition) is 2. The molecular formula is C14H28N2. The Morgan fingerprint density at radius 3 is 2.50 bits per heavy atom. The lowest BCUT2D eigenvalue weighted by Crippen LogP contribution is -2.39. The molecule has 2 nitrogen and oxygen atoms in total. The van der Waals surface area contributed by atoms with Crippen molar-refractivity contribution in [3.8, 4) is 0 Å². The van der Waals surface area contributed by atoms with Crippen LogP contribution >= 0.6 is 0 Å². The molecule has 2 heteroatoms. The van der Waals surface area contributed by atoms with Crippen molar-refractivity contribution >= 4 is 0 Å². The van der Waals surface area contributed by atoms with Crippen molar-refractivity contribution < 1.29 is 0 Å². The van der Waals surface area contributed by atoms with Crippen LogP contribution in [-0.4, -0.2) is 19.1 Å². The van der Waals surface area contributed by atoms with Crippen LogP contribution in [0.1, 0.15) is 58.3 Å². The Balaban J connectivity index is 1.66. The minimum atomic E-state index is 0.465. The third-order valence-electron chi connectivity index (χ3n) is 4.74. The Morgan fingerprint density at radius 2 is 1.88 bits per heavy atom. The van der Waals surface area contributed by atoms with E-state index in [0.717, 1.165) is 12.5 Å². The van der Waals surface area contributed by atoms with E-state index >= 15 is 0 Å². The lowest BCUT2D eigenvalue weighted by atomic mass is 9.75. The zero-order valence-corrected chi connectivity index (χ0v) is 10.8. The lowest BCUT2D eigenvalue weighted by Gasteiger charge is -2.34. The molecule has 0 aliphatic heterocycles. The van der Waals surface area contributed by atoms with E-state index in [1.165, 1.54) is 57.9 Å². The van der Waals surface area contributed by atoms with Crippen LogP contribution in [0.25, 0.3) is 0 Å². The van der Waals surface area contributed by atoms with Crippen LogP contribution in [0, 0.1) is 11.3 Å². The van der Waals surface area contributed by atoms with Gasteiger partial charge >= 0.3 is 0 Å². The molecular weight excluding hydrogens is 196 g/mol. The molecule has 2 fully saturated rings. The molecule has 0 spiro atoms. The smallest absolute Gasteiger partial charge is 0.00792 e. The van der Waals surface area contributed by atoms with Crippen LogP contribution in [0.2, 0.25) is 0 Å². The number of nitrogens with two attached hydrogens (primary N) is 1. The summed E-state index contributed by atoms with van der Waals surface area (Å²) >= 11 is 0. The molecule has 0 bridgehead atoms. The van der Waals surface area contributed by atoms with Gasteiger partial charge in [-0.3, -0.25) is 0 Å². The summed E-state index contributed by atoms with van der Waals surface area (Å²) in [6.07, 6.45) is 11.1. The van der Waals surface area contributed by atoms with Crippen molar-refractivity contribution in [3.05, 3.63) is 0 Å². The van der Waals surface area contributed by atoms with E-state index in [1.54, 1.807) is 0 Å². The summed E-state index contributed by atoms with van der Waals surface area (Å²) in [4.78, 5) is 0. The highest BCUT2D eigenvalue weighted by Crippen LogP contribution is 2.35. The number of hydrogen-bond acceptors (Lipinski definition) is 2. The largest absolute Gasteiger partial charge is 0.327 e. The van der Waals surface area contributed by atoms with Crippen molar-refractivity contribution in [1.29, 1.82) is 0 Å². The molecule has 2 saturated carbocycles. The monoisotopic (exact) mass is 224 g/mol. The molecule has 94 valence electrons. The first-order valence-corrected chi connectivity index (χ1v) is 7.16. The van der Waals surface area contributed by atoms with Crippen LogP contribution in [0.15, 0.2) is 0 Å². The van der Waals surface area contributed by atoms with Gasteiger partial charge in [0, 0.05) is 12.6 Å². The van der Waals surface area contributed by atoms with E-state index < -0.39 is 0 Å². The average molecular weight is 224 g/mol. The molecule has 0 radical (unpaired) electrons. The first-order valence-electron chi connectivity index (χ1n) is 7.16. The summed E-state index contributed by atoms with van der Waals surface area (Å²) < 4.78 is 0. The zero-order valence-electron chi connectivity index (χ0n) is 10.8. The molecule has 2 atom stereocenters. The minimum absolute atomic E-state index is 0.465. The van der Waals surface area contributed by atoms with E-state index in [1.807, 2.05) is 0 Å². The maximum atomic E-state index is 6.09.